The maximum Gasteiger partial charge on any atom is 0.225 e. The molecule has 22 heavy (non-hydrogen) atoms. The Morgan fingerprint density at radius 3 is 2.73 bits per heavy atom. The molecule has 0 aliphatic carbocycles. The highest BCUT2D eigenvalue weighted by Gasteiger charge is 2.06. The summed E-state index contributed by atoms with van der Waals surface area (Å²) >= 11 is 1.59. The van der Waals surface area contributed by atoms with E-state index >= 15 is 0 Å². The molecule has 2 heterocycles. The minimum atomic E-state index is 0.00215. The van der Waals surface area contributed by atoms with Crippen LogP contribution in [0.15, 0.2) is 60.2 Å². The van der Waals surface area contributed by atoms with Gasteiger partial charge in [-0.1, -0.05) is 36.4 Å². The number of rotatable bonds is 5. The van der Waals surface area contributed by atoms with E-state index < -0.39 is 0 Å². The zero-order valence-corrected chi connectivity index (χ0v) is 12.7. The second kappa shape index (κ2) is 6.95. The van der Waals surface area contributed by atoms with Crippen molar-refractivity contribution in [3.63, 3.8) is 0 Å². The number of thiophene rings is 1. The van der Waals surface area contributed by atoms with E-state index in [0.29, 0.717) is 13.0 Å². The van der Waals surface area contributed by atoms with Crippen molar-refractivity contribution < 1.29 is 4.79 Å². The van der Waals surface area contributed by atoms with Crippen LogP contribution in [0.25, 0.3) is 11.3 Å². The normalized spacial score (nSPS) is 10.4. The number of carbonyl (C=O) groups excluding carboxylic acids is 1. The fraction of sp³-hybridized carbons (Fsp3) is 0.118. The molecule has 0 saturated heterocycles. The first-order valence-electron chi connectivity index (χ1n) is 6.97. The zero-order chi connectivity index (χ0) is 15.2. The molecule has 0 aliphatic heterocycles. The summed E-state index contributed by atoms with van der Waals surface area (Å²) in [5.41, 5.74) is 2.70. The van der Waals surface area contributed by atoms with Gasteiger partial charge in [0.1, 0.15) is 6.33 Å². The van der Waals surface area contributed by atoms with E-state index in [9.17, 15) is 4.79 Å². The molecule has 4 nitrogen and oxygen atoms in total. The molecule has 110 valence electrons. The Morgan fingerprint density at radius 2 is 1.95 bits per heavy atom. The number of nitrogens with one attached hydrogen (secondary N) is 1. The van der Waals surface area contributed by atoms with Gasteiger partial charge in [-0.05, 0) is 17.5 Å². The lowest BCUT2D eigenvalue weighted by atomic mass is 10.1. The van der Waals surface area contributed by atoms with Gasteiger partial charge in [-0.25, -0.2) is 9.97 Å². The predicted octanol–water partition coefficient (Wildman–Crippen LogP) is 3.06. The number of amides is 1. The van der Waals surface area contributed by atoms with E-state index in [1.807, 2.05) is 53.9 Å². The minimum Gasteiger partial charge on any atom is -0.350 e. The minimum absolute atomic E-state index is 0.00215. The molecule has 0 fully saturated rings. The van der Waals surface area contributed by atoms with Crippen molar-refractivity contribution in [2.75, 3.05) is 0 Å². The number of aromatic nitrogens is 2. The Hall–Kier alpha value is -2.53. The topological polar surface area (TPSA) is 54.9 Å². The van der Waals surface area contributed by atoms with Gasteiger partial charge in [0, 0.05) is 10.4 Å². The van der Waals surface area contributed by atoms with Gasteiger partial charge in [-0.15, -0.1) is 11.3 Å². The number of benzene rings is 1. The van der Waals surface area contributed by atoms with Gasteiger partial charge in [0.2, 0.25) is 5.91 Å². The van der Waals surface area contributed by atoms with E-state index in [4.69, 9.17) is 0 Å². The van der Waals surface area contributed by atoms with Crippen molar-refractivity contribution in [3.05, 3.63) is 70.8 Å². The van der Waals surface area contributed by atoms with Crippen molar-refractivity contribution >= 4 is 17.2 Å². The van der Waals surface area contributed by atoms with Gasteiger partial charge in [0.15, 0.2) is 0 Å². The molecular formula is C17H15N3OS. The van der Waals surface area contributed by atoms with Gasteiger partial charge < -0.3 is 5.32 Å². The second-order valence-corrected chi connectivity index (χ2v) is 5.83. The summed E-state index contributed by atoms with van der Waals surface area (Å²) in [5.74, 6) is 0.00215. The van der Waals surface area contributed by atoms with Crippen molar-refractivity contribution in [3.8, 4) is 11.3 Å². The highest BCUT2D eigenvalue weighted by atomic mass is 32.1. The monoisotopic (exact) mass is 309 g/mol. The van der Waals surface area contributed by atoms with Crippen molar-refractivity contribution in [1.29, 1.82) is 0 Å². The molecule has 0 unspecified atom stereocenters. The summed E-state index contributed by atoms with van der Waals surface area (Å²) in [6, 6.07) is 15.7. The van der Waals surface area contributed by atoms with Crippen LogP contribution in [0.1, 0.15) is 10.6 Å². The lowest BCUT2D eigenvalue weighted by Crippen LogP contribution is -2.24. The van der Waals surface area contributed by atoms with Crippen LogP contribution in [-0.2, 0) is 17.8 Å². The Bertz CT molecular complexity index is 742. The number of nitrogens with zero attached hydrogens (tertiary/aromatic N) is 2. The molecule has 0 atom stereocenters. The lowest BCUT2D eigenvalue weighted by molar-refractivity contribution is -0.120. The summed E-state index contributed by atoms with van der Waals surface area (Å²) < 4.78 is 0. The third-order valence-electron chi connectivity index (χ3n) is 3.17. The van der Waals surface area contributed by atoms with Gasteiger partial charge in [0.25, 0.3) is 0 Å². The standard InChI is InChI=1S/C17H15N3OS/c21-17(10-15-7-4-8-22-15)18-11-14-9-16(20-12-19-14)13-5-2-1-3-6-13/h1-9,12H,10-11H2,(H,18,21). The summed E-state index contributed by atoms with van der Waals surface area (Å²) in [4.78, 5) is 21.4. The zero-order valence-electron chi connectivity index (χ0n) is 11.9. The molecule has 3 rings (SSSR count). The average Bonchev–Trinajstić information content (AvgIpc) is 3.07. The Labute approximate surface area is 132 Å². The Balaban J connectivity index is 1.62. The first kappa shape index (κ1) is 14.4. The Morgan fingerprint density at radius 1 is 1.09 bits per heavy atom. The fourth-order valence-corrected chi connectivity index (χ4v) is 2.79. The van der Waals surface area contributed by atoms with E-state index in [1.54, 1.807) is 11.3 Å². The molecule has 2 aromatic heterocycles. The van der Waals surface area contributed by atoms with Gasteiger partial charge in [-0.2, -0.15) is 0 Å². The molecular weight excluding hydrogens is 294 g/mol. The summed E-state index contributed by atoms with van der Waals surface area (Å²) in [7, 11) is 0. The molecule has 0 bridgehead atoms. The molecule has 0 radical (unpaired) electrons. The van der Waals surface area contributed by atoms with Crippen LogP contribution in [-0.4, -0.2) is 15.9 Å². The predicted molar refractivity (Wildman–Crippen MR) is 87.3 cm³/mol. The first-order chi connectivity index (χ1) is 10.8. The molecule has 0 aliphatic rings. The second-order valence-electron chi connectivity index (χ2n) is 4.79. The van der Waals surface area contributed by atoms with Gasteiger partial charge in [-0.3, -0.25) is 4.79 Å². The number of hydrogen-bond acceptors (Lipinski definition) is 4. The van der Waals surface area contributed by atoms with Crippen LogP contribution < -0.4 is 5.32 Å². The van der Waals surface area contributed by atoms with Crippen molar-refractivity contribution in [1.82, 2.24) is 15.3 Å². The number of hydrogen-bond donors (Lipinski definition) is 1. The maximum absolute atomic E-state index is 11.9. The van der Waals surface area contributed by atoms with E-state index in [1.165, 1.54) is 6.33 Å². The first-order valence-corrected chi connectivity index (χ1v) is 7.84. The molecule has 5 heteroatoms. The van der Waals surface area contributed by atoms with Crippen molar-refractivity contribution in [2.45, 2.75) is 13.0 Å². The van der Waals surface area contributed by atoms with Gasteiger partial charge in [0.05, 0.1) is 24.4 Å². The van der Waals surface area contributed by atoms with Crippen LogP contribution in [0.2, 0.25) is 0 Å². The molecule has 1 N–H and O–H groups in total. The van der Waals surface area contributed by atoms with E-state index in [-0.39, 0.29) is 5.91 Å². The molecule has 3 aromatic rings. The maximum atomic E-state index is 11.9. The van der Waals surface area contributed by atoms with Crippen LogP contribution in [0.4, 0.5) is 0 Å². The third-order valence-corrected chi connectivity index (χ3v) is 4.05. The number of carbonyl (C=O) groups is 1. The van der Waals surface area contributed by atoms with Crippen LogP contribution in [0.5, 0.6) is 0 Å². The van der Waals surface area contributed by atoms with Crippen molar-refractivity contribution in [2.24, 2.45) is 0 Å². The lowest BCUT2D eigenvalue weighted by Gasteiger charge is -2.06. The molecule has 0 spiro atoms. The SMILES string of the molecule is O=C(Cc1cccs1)NCc1cc(-c2ccccc2)ncn1. The highest BCUT2D eigenvalue weighted by molar-refractivity contribution is 7.10. The van der Waals surface area contributed by atoms with E-state index in [2.05, 4.69) is 15.3 Å². The smallest absolute Gasteiger partial charge is 0.225 e. The molecule has 1 aromatic carbocycles. The largest absolute Gasteiger partial charge is 0.350 e. The third kappa shape index (κ3) is 3.77. The Kier molecular flexibility index (Phi) is 4.56. The highest BCUT2D eigenvalue weighted by Crippen LogP contribution is 2.16. The van der Waals surface area contributed by atoms with E-state index in [0.717, 1.165) is 21.8 Å². The van der Waals surface area contributed by atoms with Crippen LogP contribution in [0, 0.1) is 0 Å². The quantitative estimate of drug-likeness (QED) is 0.788. The molecule has 1 amide bonds. The van der Waals surface area contributed by atoms with Crippen LogP contribution >= 0.6 is 11.3 Å². The van der Waals surface area contributed by atoms with Gasteiger partial charge >= 0.3 is 0 Å². The summed E-state index contributed by atoms with van der Waals surface area (Å²) in [6.07, 6.45) is 1.94. The fourth-order valence-electron chi connectivity index (χ4n) is 2.08. The average molecular weight is 309 g/mol. The summed E-state index contributed by atoms with van der Waals surface area (Å²) in [6.45, 7) is 0.409. The van der Waals surface area contributed by atoms with Crippen LogP contribution in [0.3, 0.4) is 0 Å². The molecule has 0 saturated carbocycles. The summed E-state index contributed by atoms with van der Waals surface area (Å²) in [5, 5.41) is 4.86.